The zero-order valence-corrected chi connectivity index (χ0v) is 16.4. The fourth-order valence-electron chi connectivity index (χ4n) is 3.16. The molecule has 0 saturated carbocycles. The third kappa shape index (κ3) is 5.03. The number of hydrogen-bond acceptors (Lipinski definition) is 5. The molecule has 1 aliphatic rings. The van der Waals surface area contributed by atoms with Crippen LogP contribution in [0.3, 0.4) is 0 Å². The molecule has 0 atom stereocenters. The number of nitrogens with zero attached hydrogens (tertiary/aromatic N) is 2. The Kier molecular flexibility index (Phi) is 6.53. The van der Waals surface area contributed by atoms with Gasteiger partial charge in [-0.05, 0) is 62.1 Å². The van der Waals surface area contributed by atoms with Crippen LogP contribution in [0.25, 0.3) is 0 Å². The molecule has 0 radical (unpaired) electrons. The molecule has 1 aliphatic carbocycles. The predicted octanol–water partition coefficient (Wildman–Crippen LogP) is 3.99. The van der Waals surface area contributed by atoms with Crippen LogP contribution in [0.15, 0.2) is 58.9 Å². The van der Waals surface area contributed by atoms with E-state index >= 15 is 0 Å². The van der Waals surface area contributed by atoms with Crippen molar-refractivity contribution in [1.29, 1.82) is 0 Å². The first-order valence-corrected chi connectivity index (χ1v) is 9.51. The largest absolute Gasteiger partial charge is 0.467 e. The number of carbonyl (C=O) groups excluding carboxylic acids is 2. The number of esters is 1. The first-order chi connectivity index (χ1) is 13.5. The second kappa shape index (κ2) is 9.26. The van der Waals surface area contributed by atoms with Gasteiger partial charge in [-0.2, -0.15) is 0 Å². The summed E-state index contributed by atoms with van der Waals surface area (Å²) in [7, 11) is 3.86. The Morgan fingerprint density at radius 1 is 1.11 bits per heavy atom. The number of hydrogen-bond donors (Lipinski definition) is 0. The van der Waals surface area contributed by atoms with Gasteiger partial charge in [0.25, 0.3) is 5.91 Å². The van der Waals surface area contributed by atoms with E-state index in [-0.39, 0.29) is 12.5 Å². The number of rotatable bonds is 7. The lowest BCUT2D eigenvalue weighted by Gasteiger charge is -2.27. The van der Waals surface area contributed by atoms with Crippen molar-refractivity contribution in [2.24, 2.45) is 0 Å². The summed E-state index contributed by atoms with van der Waals surface area (Å²) >= 11 is 0. The highest BCUT2D eigenvalue weighted by Crippen LogP contribution is 2.23. The van der Waals surface area contributed by atoms with Gasteiger partial charge in [0.1, 0.15) is 5.76 Å². The zero-order valence-electron chi connectivity index (χ0n) is 16.4. The van der Waals surface area contributed by atoms with Crippen LogP contribution in [0.2, 0.25) is 0 Å². The van der Waals surface area contributed by atoms with Gasteiger partial charge in [0.15, 0.2) is 6.61 Å². The number of ether oxygens (including phenoxy) is 1. The van der Waals surface area contributed by atoms with Crippen LogP contribution < -0.4 is 4.90 Å². The van der Waals surface area contributed by atoms with Crippen molar-refractivity contribution in [1.82, 2.24) is 4.90 Å². The molecule has 0 N–H and O–H groups in total. The van der Waals surface area contributed by atoms with E-state index in [1.165, 1.54) is 0 Å². The molecule has 0 bridgehead atoms. The van der Waals surface area contributed by atoms with E-state index in [0.717, 1.165) is 37.1 Å². The number of amides is 1. The SMILES string of the molecule is CN(C)c1ccc(C(=O)OCC(=O)N(Cc2ccco2)C2=CCCCC2)cc1. The van der Waals surface area contributed by atoms with Crippen LogP contribution in [0.5, 0.6) is 0 Å². The van der Waals surface area contributed by atoms with Crippen LogP contribution in [0.1, 0.15) is 41.8 Å². The fourth-order valence-corrected chi connectivity index (χ4v) is 3.16. The normalized spacial score (nSPS) is 13.6. The summed E-state index contributed by atoms with van der Waals surface area (Å²) in [6.07, 6.45) is 7.65. The van der Waals surface area contributed by atoms with Crippen molar-refractivity contribution in [3.8, 4) is 0 Å². The number of anilines is 1. The predicted molar refractivity (Wildman–Crippen MR) is 107 cm³/mol. The molecule has 1 aromatic carbocycles. The molecule has 1 aromatic heterocycles. The fraction of sp³-hybridized carbons (Fsp3) is 0.364. The van der Waals surface area contributed by atoms with Crippen molar-refractivity contribution in [3.63, 3.8) is 0 Å². The molecule has 1 heterocycles. The first-order valence-electron chi connectivity index (χ1n) is 9.51. The monoisotopic (exact) mass is 382 g/mol. The van der Waals surface area contributed by atoms with E-state index < -0.39 is 5.97 Å². The maximum Gasteiger partial charge on any atom is 0.338 e. The van der Waals surface area contributed by atoms with Gasteiger partial charge in [-0.25, -0.2) is 4.79 Å². The Bertz CT molecular complexity index is 823. The average molecular weight is 382 g/mol. The number of allylic oxidation sites excluding steroid dienone is 2. The molecule has 0 aliphatic heterocycles. The summed E-state index contributed by atoms with van der Waals surface area (Å²) in [4.78, 5) is 28.7. The minimum absolute atomic E-state index is 0.247. The molecule has 0 unspecified atom stereocenters. The van der Waals surface area contributed by atoms with Gasteiger partial charge >= 0.3 is 5.97 Å². The molecule has 6 heteroatoms. The molecular formula is C22H26N2O4. The molecule has 0 fully saturated rings. The van der Waals surface area contributed by atoms with Gasteiger partial charge in [0, 0.05) is 25.5 Å². The van der Waals surface area contributed by atoms with E-state index in [9.17, 15) is 9.59 Å². The van der Waals surface area contributed by atoms with Gasteiger partial charge in [-0.3, -0.25) is 4.79 Å². The maximum atomic E-state index is 12.8. The molecule has 148 valence electrons. The Morgan fingerprint density at radius 2 is 1.89 bits per heavy atom. The van der Waals surface area contributed by atoms with Gasteiger partial charge in [-0.15, -0.1) is 0 Å². The van der Waals surface area contributed by atoms with Crippen molar-refractivity contribution in [2.75, 3.05) is 25.6 Å². The van der Waals surface area contributed by atoms with Crippen LogP contribution in [-0.4, -0.2) is 37.5 Å². The third-order valence-corrected chi connectivity index (χ3v) is 4.75. The van der Waals surface area contributed by atoms with Crippen molar-refractivity contribution < 1.29 is 18.7 Å². The molecular weight excluding hydrogens is 356 g/mol. The van der Waals surface area contributed by atoms with E-state index in [2.05, 4.69) is 6.08 Å². The minimum Gasteiger partial charge on any atom is -0.467 e. The summed E-state index contributed by atoms with van der Waals surface area (Å²) < 4.78 is 10.7. The summed E-state index contributed by atoms with van der Waals surface area (Å²) in [6, 6.07) is 10.7. The molecule has 0 saturated heterocycles. The van der Waals surface area contributed by atoms with Crippen molar-refractivity contribution in [3.05, 3.63) is 65.8 Å². The van der Waals surface area contributed by atoms with Gasteiger partial charge in [0.2, 0.25) is 0 Å². The second-order valence-corrected chi connectivity index (χ2v) is 7.02. The lowest BCUT2D eigenvalue weighted by Crippen LogP contribution is -2.34. The molecule has 2 aromatic rings. The quantitative estimate of drug-likeness (QED) is 0.678. The smallest absolute Gasteiger partial charge is 0.338 e. The molecule has 1 amide bonds. The Balaban J connectivity index is 1.64. The van der Waals surface area contributed by atoms with Crippen LogP contribution in [-0.2, 0) is 16.1 Å². The molecule has 0 spiro atoms. The standard InChI is InChI=1S/C22H26N2O4/c1-23(2)18-12-10-17(11-13-18)22(26)28-16-21(25)24(15-20-9-6-14-27-20)19-7-4-3-5-8-19/h6-7,9-14H,3-5,8,15-16H2,1-2H3. The third-order valence-electron chi connectivity index (χ3n) is 4.75. The summed E-state index contributed by atoms with van der Waals surface area (Å²) in [5.41, 5.74) is 2.38. The topological polar surface area (TPSA) is 63.0 Å². The number of furan rings is 1. The Morgan fingerprint density at radius 3 is 2.50 bits per heavy atom. The number of benzene rings is 1. The van der Waals surface area contributed by atoms with E-state index in [1.807, 2.05) is 37.2 Å². The van der Waals surface area contributed by atoms with Gasteiger partial charge in [0.05, 0.1) is 18.4 Å². The van der Waals surface area contributed by atoms with Gasteiger partial charge < -0.3 is 19.0 Å². The zero-order chi connectivity index (χ0) is 19.9. The highest BCUT2D eigenvalue weighted by atomic mass is 16.5. The number of carbonyl (C=O) groups is 2. The van der Waals surface area contributed by atoms with Crippen LogP contribution in [0.4, 0.5) is 5.69 Å². The molecule has 3 rings (SSSR count). The first kappa shape index (κ1) is 19.7. The summed E-state index contributed by atoms with van der Waals surface area (Å²) in [5, 5.41) is 0. The second-order valence-electron chi connectivity index (χ2n) is 7.02. The highest BCUT2D eigenvalue weighted by Gasteiger charge is 2.22. The average Bonchev–Trinajstić information content (AvgIpc) is 3.24. The van der Waals surface area contributed by atoms with Crippen molar-refractivity contribution >= 4 is 17.6 Å². The Hall–Kier alpha value is -3.02. The molecule has 28 heavy (non-hydrogen) atoms. The highest BCUT2D eigenvalue weighted by molar-refractivity contribution is 5.91. The Labute approximate surface area is 165 Å². The van der Waals surface area contributed by atoms with Crippen molar-refractivity contribution in [2.45, 2.75) is 32.2 Å². The van der Waals surface area contributed by atoms with Crippen LogP contribution in [0, 0.1) is 0 Å². The minimum atomic E-state index is -0.505. The lowest BCUT2D eigenvalue weighted by molar-refractivity contribution is -0.133. The molecule has 6 nitrogen and oxygen atoms in total. The van der Waals surface area contributed by atoms with E-state index in [4.69, 9.17) is 9.15 Å². The lowest BCUT2D eigenvalue weighted by atomic mass is 10.0. The van der Waals surface area contributed by atoms with E-state index in [1.54, 1.807) is 29.4 Å². The van der Waals surface area contributed by atoms with Gasteiger partial charge in [-0.1, -0.05) is 6.08 Å². The summed E-state index contributed by atoms with van der Waals surface area (Å²) in [6.45, 7) is 0.0407. The van der Waals surface area contributed by atoms with Crippen LogP contribution >= 0.6 is 0 Å². The van der Waals surface area contributed by atoms with E-state index in [0.29, 0.717) is 17.9 Å². The maximum absolute atomic E-state index is 12.8. The summed E-state index contributed by atoms with van der Waals surface area (Å²) in [5.74, 6) is -0.0533.